The Balaban J connectivity index is 1.17. The normalized spacial score (nSPS) is 11.8. The minimum Gasteiger partial charge on any atom is -0.455 e. The Morgan fingerprint density at radius 2 is 0.942 bits per heavy atom. The van der Waals surface area contributed by atoms with Gasteiger partial charge in [-0.2, -0.15) is 0 Å². The second kappa shape index (κ2) is 11.2. The van der Waals surface area contributed by atoms with Crippen LogP contribution in [0.3, 0.4) is 0 Å². The third-order valence-electron chi connectivity index (χ3n) is 10.3. The number of furan rings is 2. The first kappa shape index (κ1) is 28.8. The molecule has 0 saturated heterocycles. The molecule has 4 heteroatoms. The lowest BCUT2D eigenvalue weighted by atomic mass is 9.95. The molecule has 0 spiro atoms. The van der Waals surface area contributed by atoms with Gasteiger partial charge in [0.1, 0.15) is 22.3 Å². The minimum atomic E-state index is 0.633. The Morgan fingerprint density at radius 1 is 0.327 bits per heavy atom. The quantitative estimate of drug-likeness (QED) is 0.188. The van der Waals surface area contributed by atoms with Gasteiger partial charge in [-0.3, -0.25) is 0 Å². The molecule has 8 aromatic carbocycles. The van der Waals surface area contributed by atoms with Gasteiger partial charge in [0.15, 0.2) is 5.82 Å². The lowest BCUT2D eigenvalue weighted by Crippen LogP contribution is -1.96. The van der Waals surface area contributed by atoms with Crippen molar-refractivity contribution in [3.8, 4) is 45.0 Å². The van der Waals surface area contributed by atoms with Gasteiger partial charge >= 0.3 is 0 Å². The van der Waals surface area contributed by atoms with E-state index in [0.29, 0.717) is 5.82 Å². The number of nitrogens with zero attached hydrogens (tertiary/aromatic N) is 2. The largest absolute Gasteiger partial charge is 0.455 e. The van der Waals surface area contributed by atoms with Crippen molar-refractivity contribution >= 4 is 65.4 Å². The SMILES string of the molecule is c1ccc(-c2cc3c4cc(-c5nc(-c6cccc7ccccc67)cc(-c6cccc7c6oc6ccccc67)n5)ccc4oc3c3ccccc23)cc1. The third kappa shape index (κ3) is 4.41. The molecule has 0 atom stereocenters. The van der Waals surface area contributed by atoms with Crippen molar-refractivity contribution in [2.24, 2.45) is 0 Å². The average molecular weight is 665 g/mol. The molecule has 0 radical (unpaired) electrons. The van der Waals surface area contributed by atoms with Crippen LogP contribution >= 0.6 is 0 Å². The van der Waals surface area contributed by atoms with E-state index in [1.807, 2.05) is 18.2 Å². The van der Waals surface area contributed by atoms with E-state index in [-0.39, 0.29) is 0 Å². The summed E-state index contributed by atoms with van der Waals surface area (Å²) in [5.41, 5.74) is 10.2. The zero-order valence-electron chi connectivity index (χ0n) is 27.9. The molecule has 11 aromatic rings. The van der Waals surface area contributed by atoms with Crippen LogP contribution in [-0.2, 0) is 0 Å². The molecule has 0 fully saturated rings. The van der Waals surface area contributed by atoms with Crippen LogP contribution < -0.4 is 0 Å². The molecule has 0 unspecified atom stereocenters. The molecule has 0 aliphatic rings. The number of rotatable bonds is 4. The fourth-order valence-electron chi connectivity index (χ4n) is 7.84. The van der Waals surface area contributed by atoms with E-state index in [2.05, 4.69) is 152 Å². The summed E-state index contributed by atoms with van der Waals surface area (Å²) in [6.45, 7) is 0. The van der Waals surface area contributed by atoms with Crippen molar-refractivity contribution in [3.63, 3.8) is 0 Å². The summed E-state index contributed by atoms with van der Waals surface area (Å²) in [5, 5.41) is 8.79. The Hall–Kier alpha value is -7.04. The van der Waals surface area contributed by atoms with Gasteiger partial charge in [0.05, 0.1) is 11.4 Å². The Morgan fingerprint density at radius 3 is 1.83 bits per heavy atom. The molecule has 3 aromatic heterocycles. The fraction of sp³-hybridized carbons (Fsp3) is 0. The zero-order chi connectivity index (χ0) is 34.2. The number of hydrogen-bond donors (Lipinski definition) is 0. The highest BCUT2D eigenvalue weighted by Crippen LogP contribution is 2.42. The molecule has 0 saturated carbocycles. The topological polar surface area (TPSA) is 52.1 Å². The molecular weight excluding hydrogens is 637 g/mol. The van der Waals surface area contributed by atoms with E-state index in [9.17, 15) is 0 Å². The molecular formula is C48H28N2O2. The molecule has 0 bridgehead atoms. The van der Waals surface area contributed by atoms with Crippen LogP contribution in [0.1, 0.15) is 0 Å². The summed E-state index contributed by atoms with van der Waals surface area (Å²) in [5.74, 6) is 0.633. The highest BCUT2D eigenvalue weighted by molar-refractivity contribution is 6.19. The van der Waals surface area contributed by atoms with E-state index >= 15 is 0 Å². The second-order valence-electron chi connectivity index (χ2n) is 13.3. The number of para-hydroxylation sites is 2. The lowest BCUT2D eigenvalue weighted by Gasteiger charge is -2.12. The number of hydrogen-bond acceptors (Lipinski definition) is 4. The molecule has 52 heavy (non-hydrogen) atoms. The van der Waals surface area contributed by atoms with Gasteiger partial charge in [-0.25, -0.2) is 9.97 Å². The number of aromatic nitrogens is 2. The number of benzene rings is 8. The standard InChI is InChI=1S/C48H28N2O2/c1-2-12-30(13-3-1)39-27-41-40-26-31(24-25-45(40)52-47(41)36-19-7-6-17-33(36)39)48-49-42(34-20-10-15-29-14-4-5-16-32(29)34)28-43(50-48)38-22-11-21-37-35-18-8-9-23-44(35)51-46(37)38/h1-28H. The predicted molar refractivity (Wildman–Crippen MR) is 213 cm³/mol. The van der Waals surface area contributed by atoms with Crippen molar-refractivity contribution in [1.82, 2.24) is 9.97 Å². The van der Waals surface area contributed by atoms with Crippen molar-refractivity contribution in [1.29, 1.82) is 0 Å². The van der Waals surface area contributed by atoms with Crippen molar-refractivity contribution in [2.45, 2.75) is 0 Å². The summed E-state index contributed by atoms with van der Waals surface area (Å²) in [4.78, 5) is 10.6. The van der Waals surface area contributed by atoms with Gasteiger partial charge in [0.25, 0.3) is 0 Å². The van der Waals surface area contributed by atoms with E-state index in [0.717, 1.165) is 93.5 Å². The van der Waals surface area contributed by atoms with Crippen LogP contribution in [0, 0.1) is 0 Å². The van der Waals surface area contributed by atoms with Crippen LogP contribution in [0.2, 0.25) is 0 Å². The van der Waals surface area contributed by atoms with Gasteiger partial charge in [0.2, 0.25) is 0 Å². The summed E-state index contributed by atoms with van der Waals surface area (Å²) < 4.78 is 13.1. The van der Waals surface area contributed by atoms with E-state index in [1.54, 1.807) is 0 Å². The Kier molecular flexibility index (Phi) is 6.22. The molecule has 0 amide bonds. The zero-order valence-corrected chi connectivity index (χ0v) is 27.9. The predicted octanol–water partition coefficient (Wildman–Crippen LogP) is 13.2. The monoisotopic (exact) mass is 664 g/mol. The highest BCUT2D eigenvalue weighted by atomic mass is 16.3. The highest BCUT2D eigenvalue weighted by Gasteiger charge is 2.19. The third-order valence-corrected chi connectivity index (χ3v) is 10.3. The summed E-state index contributed by atoms with van der Waals surface area (Å²) >= 11 is 0. The first-order valence-electron chi connectivity index (χ1n) is 17.5. The summed E-state index contributed by atoms with van der Waals surface area (Å²) in [6.07, 6.45) is 0. The maximum atomic E-state index is 6.61. The first-order valence-corrected chi connectivity index (χ1v) is 17.5. The van der Waals surface area contributed by atoms with Crippen molar-refractivity contribution in [3.05, 3.63) is 170 Å². The summed E-state index contributed by atoms with van der Waals surface area (Å²) in [7, 11) is 0. The van der Waals surface area contributed by atoms with Crippen LogP contribution in [0.25, 0.3) is 110 Å². The van der Waals surface area contributed by atoms with Crippen LogP contribution in [0.5, 0.6) is 0 Å². The van der Waals surface area contributed by atoms with Gasteiger partial charge in [-0.1, -0.05) is 127 Å². The Labute approximate surface area is 298 Å². The van der Waals surface area contributed by atoms with Gasteiger partial charge in [-0.05, 0) is 69.8 Å². The average Bonchev–Trinajstić information content (AvgIpc) is 3.79. The van der Waals surface area contributed by atoms with E-state index in [4.69, 9.17) is 18.8 Å². The molecule has 0 aliphatic heterocycles. The van der Waals surface area contributed by atoms with Crippen molar-refractivity contribution in [2.75, 3.05) is 0 Å². The van der Waals surface area contributed by atoms with Gasteiger partial charge in [0, 0.05) is 43.6 Å². The lowest BCUT2D eigenvalue weighted by molar-refractivity contribution is 0.670. The molecule has 4 nitrogen and oxygen atoms in total. The molecule has 11 rings (SSSR count). The second-order valence-corrected chi connectivity index (χ2v) is 13.3. The molecule has 0 N–H and O–H groups in total. The van der Waals surface area contributed by atoms with E-state index in [1.165, 1.54) is 11.1 Å². The van der Waals surface area contributed by atoms with Crippen LogP contribution in [-0.4, -0.2) is 9.97 Å². The van der Waals surface area contributed by atoms with Gasteiger partial charge < -0.3 is 8.83 Å². The minimum absolute atomic E-state index is 0.633. The Bertz CT molecular complexity index is 3190. The van der Waals surface area contributed by atoms with Crippen LogP contribution in [0.15, 0.2) is 179 Å². The summed E-state index contributed by atoms with van der Waals surface area (Å²) in [6, 6.07) is 59.0. The van der Waals surface area contributed by atoms with Gasteiger partial charge in [-0.15, -0.1) is 0 Å². The molecule has 3 heterocycles. The van der Waals surface area contributed by atoms with Crippen molar-refractivity contribution < 1.29 is 8.83 Å². The molecule has 242 valence electrons. The maximum absolute atomic E-state index is 6.61. The first-order chi connectivity index (χ1) is 25.8. The fourth-order valence-corrected chi connectivity index (χ4v) is 7.84. The molecule has 0 aliphatic carbocycles. The van der Waals surface area contributed by atoms with E-state index < -0.39 is 0 Å². The number of fused-ring (bicyclic) bond motifs is 9. The smallest absolute Gasteiger partial charge is 0.160 e. The maximum Gasteiger partial charge on any atom is 0.160 e. The van der Waals surface area contributed by atoms with Crippen LogP contribution in [0.4, 0.5) is 0 Å².